The van der Waals surface area contributed by atoms with Gasteiger partial charge in [-0.25, -0.2) is 0 Å². The molecule has 0 aliphatic heterocycles. The number of ether oxygens (including phenoxy) is 1. The first-order valence-corrected chi connectivity index (χ1v) is 5.29. The van der Waals surface area contributed by atoms with E-state index in [0.717, 1.165) is 32.2 Å². The fourth-order valence-electron chi connectivity index (χ4n) is 1.32. The molecule has 3 N–H and O–H groups in total. The van der Waals surface area contributed by atoms with Crippen molar-refractivity contribution in [2.45, 2.75) is 31.7 Å². The topological polar surface area (TPSA) is 61.7 Å². The zero-order valence-corrected chi connectivity index (χ0v) is 9.04. The van der Waals surface area contributed by atoms with E-state index < -0.39 is 0 Å². The van der Waals surface area contributed by atoms with Gasteiger partial charge in [0.2, 0.25) is 0 Å². The van der Waals surface area contributed by atoms with Crippen molar-refractivity contribution >= 4 is 0 Å². The molecule has 4 heteroatoms. The van der Waals surface area contributed by atoms with Gasteiger partial charge in [-0.2, -0.15) is 0 Å². The summed E-state index contributed by atoms with van der Waals surface area (Å²) < 4.78 is 5.02. The SMILES string of the molecule is COCC(CCO)NCCCCCO. The molecule has 0 bridgehead atoms. The van der Waals surface area contributed by atoms with Crippen molar-refractivity contribution in [3.8, 4) is 0 Å². The van der Waals surface area contributed by atoms with Gasteiger partial charge < -0.3 is 20.3 Å². The Hall–Kier alpha value is -0.160. The van der Waals surface area contributed by atoms with Gasteiger partial charge in [-0.05, 0) is 32.2 Å². The first-order valence-electron chi connectivity index (χ1n) is 5.29. The van der Waals surface area contributed by atoms with E-state index in [1.54, 1.807) is 7.11 Å². The van der Waals surface area contributed by atoms with Crippen molar-refractivity contribution < 1.29 is 14.9 Å². The minimum atomic E-state index is 0.192. The normalized spacial score (nSPS) is 13.1. The van der Waals surface area contributed by atoms with Crippen LogP contribution < -0.4 is 5.32 Å². The van der Waals surface area contributed by atoms with Crippen LogP contribution in [0.15, 0.2) is 0 Å². The maximum Gasteiger partial charge on any atom is 0.0616 e. The second-order valence-corrected chi connectivity index (χ2v) is 3.40. The molecule has 1 atom stereocenters. The number of nitrogens with one attached hydrogen (secondary N) is 1. The van der Waals surface area contributed by atoms with Crippen LogP contribution in [0, 0.1) is 0 Å². The highest BCUT2D eigenvalue weighted by Crippen LogP contribution is 1.96. The quantitative estimate of drug-likeness (QED) is 0.444. The molecule has 0 fully saturated rings. The molecule has 0 rings (SSSR count). The maximum atomic E-state index is 8.78. The lowest BCUT2D eigenvalue weighted by Crippen LogP contribution is -2.34. The number of hydrogen-bond acceptors (Lipinski definition) is 4. The number of methoxy groups -OCH3 is 1. The van der Waals surface area contributed by atoms with Crippen molar-refractivity contribution in [2.75, 3.05) is 33.5 Å². The van der Waals surface area contributed by atoms with Gasteiger partial charge >= 0.3 is 0 Å². The summed E-state index contributed by atoms with van der Waals surface area (Å²) in [4.78, 5) is 0. The highest BCUT2D eigenvalue weighted by Gasteiger charge is 2.05. The number of aliphatic hydroxyl groups is 2. The van der Waals surface area contributed by atoms with E-state index in [1.165, 1.54) is 0 Å². The molecule has 0 heterocycles. The van der Waals surface area contributed by atoms with Crippen LogP contribution in [-0.4, -0.2) is 49.7 Å². The molecule has 0 aromatic carbocycles. The van der Waals surface area contributed by atoms with E-state index in [9.17, 15) is 0 Å². The van der Waals surface area contributed by atoms with Gasteiger partial charge in [0.1, 0.15) is 0 Å². The van der Waals surface area contributed by atoms with Gasteiger partial charge in [0.05, 0.1) is 6.61 Å². The van der Waals surface area contributed by atoms with Gasteiger partial charge in [0.25, 0.3) is 0 Å². The molecule has 0 spiro atoms. The molecule has 0 aliphatic rings. The van der Waals surface area contributed by atoms with Gasteiger partial charge in [-0.1, -0.05) is 0 Å². The smallest absolute Gasteiger partial charge is 0.0616 e. The number of rotatable bonds is 10. The molecule has 0 aromatic rings. The average Bonchev–Trinajstić information content (AvgIpc) is 2.18. The Balaban J connectivity index is 3.30. The second kappa shape index (κ2) is 10.9. The second-order valence-electron chi connectivity index (χ2n) is 3.40. The van der Waals surface area contributed by atoms with Gasteiger partial charge in [0.15, 0.2) is 0 Å². The first kappa shape index (κ1) is 13.8. The van der Waals surface area contributed by atoms with Gasteiger partial charge in [0, 0.05) is 26.4 Å². The Morgan fingerprint density at radius 2 is 1.93 bits per heavy atom. The fraction of sp³-hybridized carbons (Fsp3) is 1.00. The number of aliphatic hydroxyl groups excluding tert-OH is 2. The molecule has 0 saturated heterocycles. The van der Waals surface area contributed by atoms with Gasteiger partial charge in [-0.15, -0.1) is 0 Å². The summed E-state index contributed by atoms with van der Waals surface area (Å²) in [6.45, 7) is 2.03. The van der Waals surface area contributed by atoms with E-state index in [-0.39, 0.29) is 19.3 Å². The third-order valence-electron chi connectivity index (χ3n) is 2.11. The van der Waals surface area contributed by atoms with Crippen molar-refractivity contribution in [2.24, 2.45) is 0 Å². The van der Waals surface area contributed by atoms with Crippen molar-refractivity contribution in [3.63, 3.8) is 0 Å². The average molecular weight is 205 g/mol. The minimum Gasteiger partial charge on any atom is -0.396 e. The summed E-state index contributed by atoms with van der Waals surface area (Å²) in [6.07, 6.45) is 3.71. The predicted octanol–water partition coefficient (Wildman–Crippen LogP) is 0.136. The molecule has 0 aliphatic carbocycles. The lowest BCUT2D eigenvalue weighted by molar-refractivity contribution is 0.148. The predicted molar refractivity (Wildman–Crippen MR) is 56.3 cm³/mol. The van der Waals surface area contributed by atoms with Crippen molar-refractivity contribution in [1.82, 2.24) is 5.32 Å². The zero-order valence-electron chi connectivity index (χ0n) is 9.04. The Kier molecular flexibility index (Phi) is 10.8. The molecule has 86 valence electrons. The van der Waals surface area contributed by atoms with Crippen LogP contribution in [0.5, 0.6) is 0 Å². The third kappa shape index (κ3) is 8.44. The molecule has 0 aromatic heterocycles. The Labute approximate surface area is 86.3 Å². The highest BCUT2D eigenvalue weighted by molar-refractivity contribution is 4.65. The lowest BCUT2D eigenvalue weighted by Gasteiger charge is -2.16. The fourth-order valence-corrected chi connectivity index (χ4v) is 1.32. The molecule has 0 amide bonds. The van der Waals surface area contributed by atoms with Crippen molar-refractivity contribution in [3.05, 3.63) is 0 Å². The van der Waals surface area contributed by atoms with Crippen LogP contribution in [0.25, 0.3) is 0 Å². The highest BCUT2D eigenvalue weighted by atomic mass is 16.5. The molecular formula is C10H23NO3. The van der Waals surface area contributed by atoms with Crippen LogP contribution in [-0.2, 0) is 4.74 Å². The summed E-state index contributed by atoms with van der Waals surface area (Å²) in [5, 5.41) is 20.7. The van der Waals surface area contributed by atoms with E-state index in [0.29, 0.717) is 6.61 Å². The molecule has 4 nitrogen and oxygen atoms in total. The molecule has 1 unspecified atom stereocenters. The van der Waals surface area contributed by atoms with Crippen molar-refractivity contribution in [1.29, 1.82) is 0 Å². The molecular weight excluding hydrogens is 182 g/mol. The van der Waals surface area contributed by atoms with E-state index in [2.05, 4.69) is 5.32 Å². The number of hydrogen-bond donors (Lipinski definition) is 3. The Bertz CT molecular complexity index is 106. The summed E-state index contributed by atoms with van der Waals surface area (Å²) in [5.74, 6) is 0. The largest absolute Gasteiger partial charge is 0.396 e. The maximum absolute atomic E-state index is 8.78. The Morgan fingerprint density at radius 3 is 2.50 bits per heavy atom. The van der Waals surface area contributed by atoms with E-state index in [4.69, 9.17) is 14.9 Å². The summed E-state index contributed by atoms with van der Waals surface area (Å²) >= 11 is 0. The van der Waals surface area contributed by atoms with Gasteiger partial charge in [-0.3, -0.25) is 0 Å². The molecule has 14 heavy (non-hydrogen) atoms. The third-order valence-corrected chi connectivity index (χ3v) is 2.11. The van der Waals surface area contributed by atoms with Crippen LogP contribution in [0.1, 0.15) is 25.7 Å². The minimum absolute atomic E-state index is 0.192. The number of unbranched alkanes of at least 4 members (excludes halogenated alkanes) is 2. The molecule has 0 radical (unpaired) electrons. The standard InChI is InChI=1S/C10H23NO3/c1-14-9-10(5-8-13)11-6-3-2-4-7-12/h10-13H,2-9H2,1H3. The first-order chi connectivity index (χ1) is 6.85. The van der Waals surface area contributed by atoms with Crippen LogP contribution in [0.2, 0.25) is 0 Å². The monoisotopic (exact) mass is 205 g/mol. The molecule has 0 saturated carbocycles. The summed E-state index contributed by atoms with van der Waals surface area (Å²) in [6, 6.07) is 0.249. The Morgan fingerprint density at radius 1 is 1.14 bits per heavy atom. The summed E-state index contributed by atoms with van der Waals surface area (Å²) in [5.41, 5.74) is 0. The van der Waals surface area contributed by atoms with Crippen LogP contribution >= 0.6 is 0 Å². The summed E-state index contributed by atoms with van der Waals surface area (Å²) in [7, 11) is 1.66. The van der Waals surface area contributed by atoms with Crippen LogP contribution in [0.4, 0.5) is 0 Å². The zero-order chi connectivity index (χ0) is 10.6. The van der Waals surface area contributed by atoms with Crippen LogP contribution in [0.3, 0.4) is 0 Å². The van der Waals surface area contributed by atoms with E-state index in [1.807, 2.05) is 0 Å². The lowest BCUT2D eigenvalue weighted by atomic mass is 10.2. The van der Waals surface area contributed by atoms with E-state index >= 15 is 0 Å².